The van der Waals surface area contributed by atoms with Gasteiger partial charge in [0.05, 0.1) is 39.9 Å². The number of rotatable bonds is 69. The number of hydrogen-bond acceptors (Lipinski definition) is 6. The number of amides is 1. The maximum atomic E-state index is 13.1. The molecule has 0 fully saturated rings. The SMILES string of the molecule is CC/C=C\C/C=C\C/C=C\C/C=C\C/C=C\C/C=C\CCCCCCCCCCCCCCCCCCCCCCC(=O)NC(COP(=O)([O-])OCC[N+](C)(C)C)C(O)CCCCCCCCCCCCCCCCCCCCCCCCCCC. The van der Waals surface area contributed by atoms with E-state index in [1.165, 1.54) is 257 Å². The molecule has 0 aromatic heterocycles. The van der Waals surface area contributed by atoms with Crippen LogP contribution in [0, 0.1) is 0 Å². The lowest BCUT2D eigenvalue weighted by Gasteiger charge is -2.30. The summed E-state index contributed by atoms with van der Waals surface area (Å²) in [5, 5.41) is 14.1. The molecule has 0 saturated heterocycles. The van der Waals surface area contributed by atoms with Crippen molar-refractivity contribution in [3.8, 4) is 0 Å². The van der Waals surface area contributed by atoms with Gasteiger partial charge < -0.3 is 28.8 Å². The molecule has 8 nitrogen and oxygen atoms in total. The summed E-state index contributed by atoms with van der Waals surface area (Å²) in [6, 6.07) is -0.803. The minimum Gasteiger partial charge on any atom is -0.756 e. The third kappa shape index (κ3) is 69.4. The zero-order valence-corrected chi connectivity index (χ0v) is 58.7. The lowest BCUT2D eigenvalue weighted by atomic mass is 10.0. The number of nitrogens with zero attached hydrogens (tertiary/aromatic N) is 1. The number of carbonyl (C=O) groups excluding carboxylic acids is 1. The van der Waals surface area contributed by atoms with Crippen molar-refractivity contribution in [2.24, 2.45) is 0 Å². The molecule has 0 aliphatic heterocycles. The van der Waals surface area contributed by atoms with E-state index in [0.29, 0.717) is 23.9 Å². The van der Waals surface area contributed by atoms with E-state index in [-0.39, 0.29) is 19.1 Å². The molecular formula is C77H145N2O6P. The van der Waals surface area contributed by atoms with E-state index in [9.17, 15) is 19.4 Å². The van der Waals surface area contributed by atoms with Crippen LogP contribution in [0.15, 0.2) is 72.9 Å². The topological polar surface area (TPSA) is 108 Å². The summed E-state index contributed by atoms with van der Waals surface area (Å²) in [7, 11) is 1.32. The zero-order chi connectivity index (χ0) is 62.6. The molecule has 1 amide bonds. The van der Waals surface area contributed by atoms with Gasteiger partial charge in [-0.25, -0.2) is 0 Å². The molecule has 0 aromatic carbocycles. The maximum Gasteiger partial charge on any atom is 0.268 e. The molecule has 3 unspecified atom stereocenters. The normalized spacial score (nSPS) is 14.0. The molecule has 0 saturated carbocycles. The summed E-state index contributed by atoms with van der Waals surface area (Å²) >= 11 is 0. The van der Waals surface area contributed by atoms with Gasteiger partial charge in [-0.05, 0) is 64.2 Å². The van der Waals surface area contributed by atoms with Gasteiger partial charge in [-0.3, -0.25) is 9.36 Å². The van der Waals surface area contributed by atoms with Crippen molar-refractivity contribution in [2.45, 2.75) is 373 Å². The van der Waals surface area contributed by atoms with Crippen LogP contribution in [0.25, 0.3) is 0 Å². The molecule has 0 aromatic rings. The predicted octanol–water partition coefficient (Wildman–Crippen LogP) is 23.5. The van der Waals surface area contributed by atoms with E-state index in [1.807, 2.05) is 21.1 Å². The smallest absolute Gasteiger partial charge is 0.268 e. The highest BCUT2D eigenvalue weighted by Crippen LogP contribution is 2.38. The number of carbonyl (C=O) groups is 1. The Morgan fingerprint density at radius 3 is 1.03 bits per heavy atom. The van der Waals surface area contributed by atoms with Crippen LogP contribution in [0.2, 0.25) is 0 Å². The van der Waals surface area contributed by atoms with Crippen LogP contribution >= 0.6 is 7.82 Å². The summed E-state index contributed by atoms with van der Waals surface area (Å²) in [4.78, 5) is 25.7. The highest BCUT2D eigenvalue weighted by molar-refractivity contribution is 7.45. The fourth-order valence-corrected chi connectivity index (χ4v) is 11.9. The maximum absolute atomic E-state index is 13.1. The first-order valence-electron chi connectivity index (χ1n) is 37.3. The fraction of sp³-hybridized carbons (Fsp3) is 0.831. The van der Waals surface area contributed by atoms with Gasteiger partial charge in [0.1, 0.15) is 13.2 Å². The zero-order valence-electron chi connectivity index (χ0n) is 57.8. The van der Waals surface area contributed by atoms with Gasteiger partial charge in [0.2, 0.25) is 5.91 Å². The Labute approximate surface area is 535 Å². The number of phosphoric ester groups is 1. The summed E-state index contributed by atoms with van der Waals surface area (Å²) < 4.78 is 23.6. The number of nitrogens with one attached hydrogen (secondary N) is 1. The quantitative estimate of drug-likeness (QED) is 0.0272. The third-order valence-electron chi connectivity index (χ3n) is 17.0. The first kappa shape index (κ1) is 83.9. The van der Waals surface area contributed by atoms with Gasteiger partial charge in [-0.2, -0.15) is 0 Å². The van der Waals surface area contributed by atoms with Crippen molar-refractivity contribution in [3.05, 3.63) is 72.9 Å². The highest BCUT2D eigenvalue weighted by Gasteiger charge is 2.24. The first-order valence-corrected chi connectivity index (χ1v) is 38.7. The molecular weight excluding hydrogens is 1080 g/mol. The van der Waals surface area contributed by atoms with Gasteiger partial charge in [0, 0.05) is 6.42 Å². The van der Waals surface area contributed by atoms with E-state index < -0.39 is 20.0 Å². The molecule has 0 spiro atoms. The molecule has 0 rings (SSSR count). The summed E-state index contributed by atoms with van der Waals surface area (Å²) in [6.45, 7) is 4.66. The Morgan fingerprint density at radius 1 is 0.419 bits per heavy atom. The first-order chi connectivity index (χ1) is 42.0. The van der Waals surface area contributed by atoms with Gasteiger partial charge in [-0.1, -0.05) is 363 Å². The number of aliphatic hydroxyl groups is 1. The minimum atomic E-state index is -4.58. The Kier molecular flexibility index (Phi) is 65.7. The summed E-state index contributed by atoms with van der Waals surface area (Å²) in [6.07, 6.45) is 94.2. The number of likely N-dealkylation sites (N-methyl/N-ethyl adjacent to an activating group) is 1. The Morgan fingerprint density at radius 2 is 0.709 bits per heavy atom. The molecule has 2 N–H and O–H groups in total. The second kappa shape index (κ2) is 67.3. The van der Waals surface area contributed by atoms with E-state index in [2.05, 4.69) is 92.1 Å². The number of allylic oxidation sites excluding steroid dienone is 12. The van der Waals surface area contributed by atoms with E-state index in [1.54, 1.807) is 0 Å². The van der Waals surface area contributed by atoms with Crippen LogP contribution in [0.4, 0.5) is 0 Å². The molecule has 0 aliphatic rings. The summed E-state index contributed by atoms with van der Waals surface area (Å²) in [5.74, 6) is -0.158. The van der Waals surface area contributed by atoms with Gasteiger partial charge in [0.25, 0.3) is 7.82 Å². The molecule has 0 heterocycles. The molecule has 86 heavy (non-hydrogen) atoms. The minimum absolute atomic E-state index is 0.0129. The number of hydrogen-bond donors (Lipinski definition) is 2. The van der Waals surface area contributed by atoms with Crippen LogP contribution in [0.1, 0.15) is 361 Å². The third-order valence-corrected chi connectivity index (χ3v) is 17.9. The van der Waals surface area contributed by atoms with Crippen molar-refractivity contribution in [1.29, 1.82) is 0 Å². The molecule has 0 bridgehead atoms. The van der Waals surface area contributed by atoms with Crippen LogP contribution in [0.3, 0.4) is 0 Å². The average molecular weight is 1230 g/mol. The van der Waals surface area contributed by atoms with Crippen molar-refractivity contribution in [3.63, 3.8) is 0 Å². The Bertz CT molecular complexity index is 1630. The van der Waals surface area contributed by atoms with E-state index >= 15 is 0 Å². The molecule has 0 radical (unpaired) electrons. The summed E-state index contributed by atoms with van der Waals surface area (Å²) in [5.41, 5.74) is 0. The van der Waals surface area contributed by atoms with Crippen LogP contribution < -0.4 is 10.2 Å². The van der Waals surface area contributed by atoms with Crippen LogP contribution in [0.5, 0.6) is 0 Å². The van der Waals surface area contributed by atoms with Crippen molar-refractivity contribution < 1.29 is 32.9 Å². The van der Waals surface area contributed by atoms with E-state index in [0.717, 1.165) is 77.0 Å². The largest absolute Gasteiger partial charge is 0.756 e. The van der Waals surface area contributed by atoms with E-state index in [4.69, 9.17) is 9.05 Å². The standard InChI is InChI=1S/C77H145N2O6P/c1-6-8-10-12-14-16-18-20-22-24-26-28-30-32-33-34-35-36-37-38-39-40-41-42-43-44-45-47-49-51-53-55-57-59-61-63-65-67-69-71-77(81)78-75(74-85-86(82,83)84-73-72-79(3,4)5)76(80)70-68-66-64-62-60-58-56-54-52-50-48-46-31-29-27-25-23-21-19-17-15-13-11-9-7-2/h8,10,14,16,20,22,26,28,32-33,35-36,75-76,80H,6-7,9,11-13,15,17-19,21,23-25,27,29-31,34,37-74H2,1-5H3,(H-,78,81,82,83)/b10-8-,16-14-,22-20-,28-26-,33-32-,36-35-. The monoisotopic (exact) mass is 1230 g/mol. The number of unbranched alkanes of at least 4 members (excludes halogenated alkanes) is 44. The van der Waals surface area contributed by atoms with Gasteiger partial charge in [-0.15, -0.1) is 0 Å². The van der Waals surface area contributed by atoms with Crippen molar-refractivity contribution >= 4 is 13.7 Å². The molecule has 504 valence electrons. The number of quaternary nitrogens is 1. The lowest BCUT2D eigenvalue weighted by molar-refractivity contribution is -0.870. The van der Waals surface area contributed by atoms with Crippen molar-refractivity contribution in [1.82, 2.24) is 5.32 Å². The van der Waals surface area contributed by atoms with Gasteiger partial charge in [0.15, 0.2) is 0 Å². The molecule has 0 aliphatic carbocycles. The fourth-order valence-electron chi connectivity index (χ4n) is 11.2. The molecule has 9 heteroatoms. The Hall–Kier alpha value is -2.06. The van der Waals surface area contributed by atoms with Crippen molar-refractivity contribution in [2.75, 3.05) is 40.9 Å². The van der Waals surface area contributed by atoms with Gasteiger partial charge >= 0.3 is 0 Å². The highest BCUT2D eigenvalue weighted by atomic mass is 31.2. The number of aliphatic hydroxyl groups excluding tert-OH is 1. The second-order valence-electron chi connectivity index (χ2n) is 26.6. The van der Waals surface area contributed by atoms with Crippen LogP contribution in [-0.4, -0.2) is 68.5 Å². The van der Waals surface area contributed by atoms with Crippen LogP contribution in [-0.2, 0) is 18.4 Å². The number of phosphoric acid groups is 1. The molecule has 3 atom stereocenters. The second-order valence-corrected chi connectivity index (χ2v) is 28.0. The lowest BCUT2D eigenvalue weighted by Crippen LogP contribution is -2.46. The Balaban J connectivity index is 3.95. The predicted molar refractivity (Wildman–Crippen MR) is 376 cm³/mol. The average Bonchev–Trinajstić information content (AvgIpc) is 3.70.